The van der Waals surface area contributed by atoms with Crippen molar-refractivity contribution in [3.63, 3.8) is 0 Å². The van der Waals surface area contributed by atoms with Crippen LogP contribution in [0.2, 0.25) is 0 Å². The summed E-state index contributed by atoms with van der Waals surface area (Å²) in [4.78, 5) is 15.2. The minimum atomic E-state index is -0.252. The van der Waals surface area contributed by atoms with E-state index in [1.54, 1.807) is 36.4 Å². The number of nitrogens with zero attached hydrogens (tertiary/aromatic N) is 1. The Morgan fingerprint density at radius 3 is 2.73 bits per heavy atom. The first kappa shape index (κ1) is 17.6. The first-order valence-electron chi connectivity index (χ1n) is 8.29. The molecule has 1 heterocycles. The van der Waals surface area contributed by atoms with Crippen LogP contribution >= 0.6 is 0 Å². The third-order valence-electron chi connectivity index (χ3n) is 3.97. The van der Waals surface area contributed by atoms with Crippen molar-refractivity contribution in [2.24, 2.45) is 0 Å². The Labute approximate surface area is 150 Å². The van der Waals surface area contributed by atoms with Gasteiger partial charge in [0.05, 0.1) is 24.8 Å². The molecule has 1 aromatic heterocycles. The first-order valence-corrected chi connectivity index (χ1v) is 8.29. The van der Waals surface area contributed by atoms with Crippen molar-refractivity contribution in [1.82, 2.24) is 10.3 Å². The van der Waals surface area contributed by atoms with Crippen molar-refractivity contribution >= 4 is 16.8 Å². The van der Waals surface area contributed by atoms with Gasteiger partial charge in [0.2, 0.25) is 0 Å². The summed E-state index contributed by atoms with van der Waals surface area (Å²) in [6, 6.07) is 15.3. The fraction of sp³-hybridized carbons (Fsp3) is 0.200. The molecule has 3 rings (SSSR count). The van der Waals surface area contributed by atoms with Gasteiger partial charge in [0, 0.05) is 17.4 Å². The van der Waals surface area contributed by atoms with E-state index in [2.05, 4.69) is 16.4 Å². The topological polar surface area (TPSA) is 77.9 Å². The zero-order chi connectivity index (χ0) is 18.4. The summed E-state index contributed by atoms with van der Waals surface area (Å²) in [5.41, 5.74) is 2.81. The summed E-state index contributed by atoms with van der Waals surface area (Å²) in [7, 11) is 0. The number of rotatable bonds is 7. The number of halogens is 1. The number of nitrogens with one attached hydrogen (secondary N) is 2. The third kappa shape index (κ3) is 4.47. The number of carbonyl (C=O) groups excluding carboxylic acids is 1. The van der Waals surface area contributed by atoms with Crippen molar-refractivity contribution in [2.75, 3.05) is 19.8 Å². The van der Waals surface area contributed by atoms with Gasteiger partial charge >= 0.3 is 0 Å². The van der Waals surface area contributed by atoms with Crippen LogP contribution in [0.4, 0.5) is 4.39 Å². The molecule has 0 aliphatic rings. The maximum Gasteiger partial charge on any atom is 0.267 e. The number of ether oxygens (including phenoxy) is 1. The highest BCUT2D eigenvalue weighted by Crippen LogP contribution is 2.16. The highest BCUT2D eigenvalue weighted by molar-refractivity contribution is 5.98. The van der Waals surface area contributed by atoms with Gasteiger partial charge in [-0.15, -0.1) is 0 Å². The zero-order valence-corrected chi connectivity index (χ0v) is 14.1. The van der Waals surface area contributed by atoms with Crippen molar-refractivity contribution in [1.29, 1.82) is 5.26 Å². The van der Waals surface area contributed by atoms with Gasteiger partial charge < -0.3 is 15.0 Å². The van der Waals surface area contributed by atoms with Crippen molar-refractivity contribution in [3.8, 4) is 6.07 Å². The van der Waals surface area contributed by atoms with Crippen LogP contribution in [-0.2, 0) is 11.2 Å². The molecule has 0 spiro atoms. The molecule has 0 aliphatic carbocycles. The van der Waals surface area contributed by atoms with E-state index in [-0.39, 0.29) is 11.7 Å². The minimum Gasteiger partial charge on any atom is -0.379 e. The molecule has 0 bridgehead atoms. The lowest BCUT2D eigenvalue weighted by molar-refractivity contribution is 0.0913. The average molecular weight is 351 g/mol. The van der Waals surface area contributed by atoms with Crippen LogP contribution in [0.3, 0.4) is 0 Å². The summed E-state index contributed by atoms with van der Waals surface area (Å²) in [6.45, 7) is 1.29. The van der Waals surface area contributed by atoms with Crippen LogP contribution in [0.1, 0.15) is 21.6 Å². The molecule has 0 atom stereocenters. The van der Waals surface area contributed by atoms with Gasteiger partial charge in [0.15, 0.2) is 0 Å². The average Bonchev–Trinajstić information content (AvgIpc) is 3.09. The molecule has 132 valence electrons. The molecule has 6 heteroatoms. The lowest BCUT2D eigenvalue weighted by Gasteiger charge is -2.06. The number of hydrogen-bond acceptors (Lipinski definition) is 3. The summed E-state index contributed by atoms with van der Waals surface area (Å²) in [5, 5.41) is 12.5. The lowest BCUT2D eigenvalue weighted by Crippen LogP contribution is -2.27. The van der Waals surface area contributed by atoms with Gasteiger partial charge in [-0.2, -0.15) is 5.26 Å². The Bertz CT molecular complexity index is 942. The number of aromatic amines is 1. The van der Waals surface area contributed by atoms with Gasteiger partial charge in [-0.05, 0) is 48.4 Å². The standard InChI is InChI=1S/C20H18FN3O2/c21-17-4-1-14(2-5-17)7-9-26-10-8-23-20(25)19-12-16-11-15(13-22)3-6-18(16)24-19/h1-6,11-12,24H,7-10H2,(H,23,25). The van der Waals surface area contributed by atoms with E-state index in [9.17, 15) is 9.18 Å². The maximum absolute atomic E-state index is 12.8. The fourth-order valence-corrected chi connectivity index (χ4v) is 2.60. The van der Waals surface area contributed by atoms with Crippen LogP contribution in [0.15, 0.2) is 48.5 Å². The maximum atomic E-state index is 12.8. The Balaban J connectivity index is 1.41. The number of amides is 1. The SMILES string of the molecule is N#Cc1ccc2[nH]c(C(=O)NCCOCCc3ccc(F)cc3)cc2c1. The molecular formula is C20H18FN3O2. The van der Waals surface area contributed by atoms with E-state index in [0.29, 0.717) is 37.4 Å². The second-order valence-electron chi connectivity index (χ2n) is 5.84. The molecule has 0 aliphatic heterocycles. The van der Waals surface area contributed by atoms with E-state index >= 15 is 0 Å². The quantitative estimate of drug-likeness (QED) is 0.642. The van der Waals surface area contributed by atoms with E-state index in [1.165, 1.54) is 12.1 Å². The largest absolute Gasteiger partial charge is 0.379 e. The third-order valence-corrected chi connectivity index (χ3v) is 3.97. The molecule has 2 aromatic carbocycles. The molecule has 0 fully saturated rings. The number of aromatic nitrogens is 1. The first-order chi connectivity index (χ1) is 12.7. The molecule has 0 radical (unpaired) electrons. The van der Waals surface area contributed by atoms with Crippen LogP contribution in [0, 0.1) is 17.1 Å². The Morgan fingerprint density at radius 1 is 1.15 bits per heavy atom. The van der Waals surface area contributed by atoms with Gasteiger partial charge in [0.1, 0.15) is 11.5 Å². The molecule has 5 nitrogen and oxygen atoms in total. The van der Waals surface area contributed by atoms with Crippen molar-refractivity contribution in [3.05, 3.63) is 71.2 Å². The fourth-order valence-electron chi connectivity index (χ4n) is 2.60. The number of fused-ring (bicyclic) bond motifs is 1. The van der Waals surface area contributed by atoms with Gasteiger partial charge in [-0.25, -0.2) is 4.39 Å². The van der Waals surface area contributed by atoms with Crippen LogP contribution in [0.5, 0.6) is 0 Å². The lowest BCUT2D eigenvalue weighted by atomic mass is 10.2. The normalized spacial score (nSPS) is 10.6. The molecule has 0 saturated heterocycles. The Hall–Kier alpha value is -3.17. The van der Waals surface area contributed by atoms with Crippen molar-refractivity contribution < 1.29 is 13.9 Å². The van der Waals surface area contributed by atoms with Gasteiger partial charge in [-0.3, -0.25) is 4.79 Å². The van der Waals surface area contributed by atoms with Gasteiger partial charge in [0.25, 0.3) is 5.91 Å². The van der Waals surface area contributed by atoms with E-state index in [0.717, 1.165) is 16.5 Å². The molecule has 0 saturated carbocycles. The Morgan fingerprint density at radius 2 is 1.96 bits per heavy atom. The highest BCUT2D eigenvalue weighted by Gasteiger charge is 2.09. The molecule has 26 heavy (non-hydrogen) atoms. The van der Waals surface area contributed by atoms with E-state index in [4.69, 9.17) is 10.00 Å². The molecule has 1 amide bonds. The van der Waals surface area contributed by atoms with Crippen LogP contribution in [-0.4, -0.2) is 30.6 Å². The minimum absolute atomic E-state index is 0.221. The summed E-state index contributed by atoms with van der Waals surface area (Å²) < 4.78 is 18.3. The van der Waals surface area contributed by atoms with Crippen molar-refractivity contribution in [2.45, 2.75) is 6.42 Å². The molecule has 3 aromatic rings. The second kappa shape index (κ2) is 8.28. The zero-order valence-electron chi connectivity index (χ0n) is 14.1. The second-order valence-corrected chi connectivity index (χ2v) is 5.84. The number of carbonyl (C=O) groups is 1. The number of benzene rings is 2. The summed E-state index contributed by atoms with van der Waals surface area (Å²) in [5.74, 6) is -0.472. The smallest absolute Gasteiger partial charge is 0.267 e. The summed E-state index contributed by atoms with van der Waals surface area (Å²) in [6.07, 6.45) is 0.692. The number of hydrogen-bond donors (Lipinski definition) is 2. The van der Waals surface area contributed by atoms with E-state index in [1.807, 2.05) is 0 Å². The monoisotopic (exact) mass is 351 g/mol. The summed E-state index contributed by atoms with van der Waals surface area (Å²) >= 11 is 0. The molecular weight excluding hydrogens is 333 g/mol. The van der Waals surface area contributed by atoms with Gasteiger partial charge in [-0.1, -0.05) is 12.1 Å². The number of nitriles is 1. The molecule has 2 N–H and O–H groups in total. The Kier molecular flexibility index (Phi) is 5.62. The number of H-pyrrole nitrogens is 1. The van der Waals surface area contributed by atoms with Crippen LogP contribution < -0.4 is 5.32 Å². The predicted molar refractivity (Wildman–Crippen MR) is 96.3 cm³/mol. The van der Waals surface area contributed by atoms with E-state index < -0.39 is 0 Å². The predicted octanol–water partition coefficient (Wildman–Crippen LogP) is 3.17. The molecule has 0 unspecified atom stereocenters. The highest BCUT2D eigenvalue weighted by atomic mass is 19.1. The van der Waals surface area contributed by atoms with Crippen LogP contribution in [0.25, 0.3) is 10.9 Å².